The number of nitrogens with zero attached hydrogens (tertiary/aromatic N) is 4. The maximum absolute atomic E-state index is 13.4. The highest BCUT2D eigenvalue weighted by Crippen LogP contribution is 2.36. The van der Waals surface area contributed by atoms with E-state index in [1.165, 1.54) is 47.9 Å². The molecule has 4 rings (SSSR count). The smallest absolute Gasteiger partial charge is 0.327 e. The summed E-state index contributed by atoms with van der Waals surface area (Å²) in [6.07, 6.45) is 4.80. The summed E-state index contributed by atoms with van der Waals surface area (Å²) in [6.45, 7) is 1.98. The zero-order valence-corrected chi connectivity index (χ0v) is 20.2. The quantitative estimate of drug-likeness (QED) is 0.347. The third kappa shape index (κ3) is 5.23. The summed E-state index contributed by atoms with van der Waals surface area (Å²) >= 11 is 0. The van der Waals surface area contributed by atoms with E-state index >= 15 is 0 Å². The molecule has 0 saturated carbocycles. The van der Waals surface area contributed by atoms with Crippen LogP contribution in [0.5, 0.6) is 11.6 Å². The Balaban J connectivity index is 1.56. The van der Waals surface area contributed by atoms with Crippen molar-refractivity contribution < 1.29 is 27.1 Å². The van der Waals surface area contributed by atoms with E-state index in [0.717, 1.165) is 17.7 Å². The predicted octanol–water partition coefficient (Wildman–Crippen LogP) is 2.26. The van der Waals surface area contributed by atoms with Crippen LogP contribution in [0.1, 0.15) is 37.1 Å². The lowest BCUT2D eigenvalue weighted by atomic mass is 9.93. The Kier molecular flexibility index (Phi) is 7.22. The standard InChI is InChI=1S/C23H24BFN4O5S/c1-3-33-22(30)14-29-21-6-4-5-20(18(21)13-27-29)28(2)35(31,32)17-11-19(24)23(26-12-17)34-16-9-7-15(25)8-10-16/h7-13,20H,3-6,14H2,1-2H3/t20-/m1/s1. The summed E-state index contributed by atoms with van der Waals surface area (Å²) in [4.78, 5) is 15.9. The number of pyridine rings is 1. The second-order valence-corrected chi connectivity index (χ2v) is 10.1. The molecule has 0 spiro atoms. The van der Waals surface area contributed by atoms with Crippen molar-refractivity contribution in [2.24, 2.45) is 0 Å². The summed E-state index contributed by atoms with van der Waals surface area (Å²) in [5.41, 5.74) is 1.59. The van der Waals surface area contributed by atoms with Crippen LogP contribution < -0.4 is 10.2 Å². The number of fused-ring (bicyclic) bond motifs is 1. The van der Waals surface area contributed by atoms with Gasteiger partial charge in [0.1, 0.15) is 30.9 Å². The van der Waals surface area contributed by atoms with Gasteiger partial charge in [-0.1, -0.05) is 0 Å². The molecule has 2 radical (unpaired) electrons. The largest absolute Gasteiger partial charge is 0.465 e. The highest BCUT2D eigenvalue weighted by molar-refractivity contribution is 7.89. The van der Waals surface area contributed by atoms with Gasteiger partial charge in [0.05, 0.1) is 25.0 Å². The molecule has 0 bridgehead atoms. The van der Waals surface area contributed by atoms with Crippen molar-refractivity contribution in [3.8, 4) is 11.6 Å². The summed E-state index contributed by atoms with van der Waals surface area (Å²) < 4.78 is 53.3. The van der Waals surface area contributed by atoms with Gasteiger partial charge in [-0.3, -0.25) is 9.48 Å². The van der Waals surface area contributed by atoms with Crippen LogP contribution in [-0.4, -0.2) is 55.0 Å². The number of rotatable bonds is 8. The molecule has 0 N–H and O–H groups in total. The molecule has 0 fully saturated rings. The maximum atomic E-state index is 13.4. The zero-order chi connectivity index (χ0) is 25.2. The fourth-order valence-corrected chi connectivity index (χ4v) is 5.41. The van der Waals surface area contributed by atoms with Gasteiger partial charge < -0.3 is 9.47 Å². The minimum absolute atomic E-state index is 0.0124. The van der Waals surface area contributed by atoms with Gasteiger partial charge >= 0.3 is 5.97 Å². The number of hydrogen-bond acceptors (Lipinski definition) is 7. The van der Waals surface area contributed by atoms with Gasteiger partial charge in [0.2, 0.25) is 15.9 Å². The molecular formula is C23H24BFN4O5S. The van der Waals surface area contributed by atoms with E-state index in [2.05, 4.69) is 10.1 Å². The number of carbonyl (C=O) groups excluding carboxylic acids is 1. The molecule has 9 nitrogen and oxygen atoms in total. The lowest BCUT2D eigenvalue weighted by Crippen LogP contribution is -2.34. The van der Waals surface area contributed by atoms with E-state index in [-0.39, 0.29) is 29.4 Å². The number of esters is 1. The average Bonchev–Trinajstić information content (AvgIpc) is 3.24. The van der Waals surface area contributed by atoms with Crippen molar-refractivity contribution in [2.45, 2.75) is 43.7 Å². The van der Waals surface area contributed by atoms with Crippen molar-refractivity contribution in [3.05, 3.63) is 59.8 Å². The van der Waals surface area contributed by atoms with Crippen molar-refractivity contribution in [3.63, 3.8) is 0 Å². The Hall–Kier alpha value is -3.25. The lowest BCUT2D eigenvalue weighted by molar-refractivity contribution is -0.144. The number of sulfonamides is 1. The first kappa shape index (κ1) is 24.9. The molecule has 3 aromatic rings. The molecule has 0 aliphatic heterocycles. The van der Waals surface area contributed by atoms with E-state index in [1.54, 1.807) is 17.8 Å². The van der Waals surface area contributed by atoms with E-state index in [9.17, 15) is 17.6 Å². The SMILES string of the molecule is [B]c1cc(S(=O)(=O)N(C)[C@@H]2CCCc3c2cnn3CC(=O)OCC)cnc1Oc1ccc(F)cc1. The van der Waals surface area contributed by atoms with Crippen molar-refractivity contribution in [2.75, 3.05) is 13.7 Å². The van der Waals surface area contributed by atoms with Crippen LogP contribution >= 0.6 is 0 Å². The molecule has 1 aromatic carbocycles. The normalized spacial score (nSPS) is 15.6. The average molecular weight is 498 g/mol. The summed E-state index contributed by atoms with van der Waals surface area (Å²) in [5, 5.41) is 4.30. The third-order valence-electron chi connectivity index (χ3n) is 5.81. The highest BCUT2D eigenvalue weighted by atomic mass is 32.2. The molecule has 1 atom stereocenters. The van der Waals surface area contributed by atoms with Crippen molar-refractivity contribution in [1.29, 1.82) is 0 Å². The van der Waals surface area contributed by atoms with E-state index < -0.39 is 27.9 Å². The summed E-state index contributed by atoms with van der Waals surface area (Å²) in [5.74, 6) is -0.489. The second-order valence-electron chi connectivity index (χ2n) is 8.06. The first-order valence-electron chi connectivity index (χ1n) is 11.1. The molecule has 1 aliphatic carbocycles. The maximum Gasteiger partial charge on any atom is 0.327 e. The third-order valence-corrected chi connectivity index (χ3v) is 7.64. The van der Waals surface area contributed by atoms with Gasteiger partial charge in [0, 0.05) is 18.3 Å². The van der Waals surface area contributed by atoms with Crippen LogP contribution in [0.15, 0.2) is 47.6 Å². The predicted molar refractivity (Wildman–Crippen MR) is 126 cm³/mol. The molecule has 2 heterocycles. The Morgan fingerprint density at radius 2 is 2.03 bits per heavy atom. The molecule has 1 aliphatic rings. The first-order valence-corrected chi connectivity index (χ1v) is 12.5. The summed E-state index contributed by atoms with van der Waals surface area (Å²) in [6, 6.07) is 6.11. The van der Waals surface area contributed by atoms with Crippen LogP contribution in [0, 0.1) is 5.82 Å². The van der Waals surface area contributed by atoms with E-state index in [4.69, 9.17) is 17.3 Å². The molecule has 12 heteroatoms. The van der Waals surface area contributed by atoms with Gasteiger partial charge in [0.25, 0.3) is 0 Å². The number of halogens is 1. The van der Waals surface area contributed by atoms with Gasteiger partial charge in [-0.25, -0.2) is 17.8 Å². The van der Waals surface area contributed by atoms with Crippen LogP contribution in [0.25, 0.3) is 0 Å². The topological polar surface area (TPSA) is 104 Å². The van der Waals surface area contributed by atoms with Gasteiger partial charge in [0.15, 0.2) is 0 Å². The van der Waals surface area contributed by atoms with Crippen LogP contribution in [0.3, 0.4) is 0 Å². The molecule has 0 saturated heterocycles. The highest BCUT2D eigenvalue weighted by Gasteiger charge is 2.34. The first-order chi connectivity index (χ1) is 16.7. The number of hydrogen-bond donors (Lipinski definition) is 0. The molecule has 182 valence electrons. The minimum atomic E-state index is -3.96. The van der Waals surface area contributed by atoms with E-state index in [1.807, 2.05) is 0 Å². The number of benzene rings is 1. The van der Waals surface area contributed by atoms with Crippen LogP contribution in [0.4, 0.5) is 4.39 Å². The van der Waals surface area contributed by atoms with Crippen LogP contribution in [0.2, 0.25) is 0 Å². The second kappa shape index (κ2) is 10.2. The Morgan fingerprint density at radius 3 is 2.71 bits per heavy atom. The fraction of sp³-hybridized carbons (Fsp3) is 0.348. The molecule has 0 unspecified atom stereocenters. The fourth-order valence-electron chi connectivity index (χ4n) is 4.06. The number of carbonyl (C=O) groups is 1. The van der Waals surface area contributed by atoms with Gasteiger partial charge in [-0.2, -0.15) is 9.40 Å². The van der Waals surface area contributed by atoms with Crippen molar-refractivity contribution in [1.82, 2.24) is 19.1 Å². The molecule has 2 aromatic heterocycles. The van der Waals surface area contributed by atoms with Gasteiger partial charge in [-0.15, -0.1) is 0 Å². The molecular weight excluding hydrogens is 474 g/mol. The lowest BCUT2D eigenvalue weighted by Gasteiger charge is -2.31. The Bertz CT molecular complexity index is 1330. The molecule has 0 amide bonds. The number of aromatic nitrogens is 3. The number of ether oxygens (including phenoxy) is 2. The van der Waals surface area contributed by atoms with E-state index in [0.29, 0.717) is 18.6 Å². The zero-order valence-electron chi connectivity index (χ0n) is 19.3. The van der Waals surface area contributed by atoms with Crippen LogP contribution in [-0.2, 0) is 32.5 Å². The monoisotopic (exact) mass is 498 g/mol. The minimum Gasteiger partial charge on any atom is -0.465 e. The van der Waals surface area contributed by atoms with Gasteiger partial charge in [-0.05, 0) is 62.0 Å². The van der Waals surface area contributed by atoms with Crippen molar-refractivity contribution >= 4 is 29.3 Å². The summed E-state index contributed by atoms with van der Waals surface area (Å²) in [7, 11) is 3.56. The Labute approximate surface area is 204 Å². The Morgan fingerprint density at radius 1 is 1.29 bits per heavy atom. The molecule has 35 heavy (non-hydrogen) atoms.